The van der Waals surface area contributed by atoms with E-state index in [0.29, 0.717) is 12.2 Å². The summed E-state index contributed by atoms with van der Waals surface area (Å²) >= 11 is 0. The van der Waals surface area contributed by atoms with E-state index in [1.807, 2.05) is 0 Å². The number of hydrogen-bond acceptors (Lipinski definition) is 2. The minimum absolute atomic E-state index is 0.647. The third-order valence-corrected chi connectivity index (χ3v) is 2.98. The Morgan fingerprint density at radius 1 is 1.08 bits per heavy atom. The van der Waals surface area contributed by atoms with Crippen LogP contribution in [0.15, 0.2) is 0 Å². The van der Waals surface area contributed by atoms with Gasteiger partial charge in [0.1, 0.15) is 0 Å². The molecule has 0 saturated carbocycles. The Hall–Kier alpha value is -0.0800. The van der Waals surface area contributed by atoms with Gasteiger partial charge >= 0.3 is 0 Å². The summed E-state index contributed by atoms with van der Waals surface area (Å²) in [5.41, 5.74) is 0. The molecule has 2 heteroatoms. The summed E-state index contributed by atoms with van der Waals surface area (Å²) in [5.74, 6) is 0.729. The second-order valence-electron chi connectivity index (χ2n) is 4.82. The lowest BCUT2D eigenvalue weighted by molar-refractivity contribution is -0.0266. The standard InChI is InChI=1S/C11H24N2/c1-9(2)11-12(5)7-6-8-13(11)10(3)4/h9-11H,6-8H2,1-5H3. The maximum Gasteiger partial charge on any atom is 0.0645 e. The molecule has 1 rings (SSSR count). The molecule has 1 fully saturated rings. The van der Waals surface area contributed by atoms with Gasteiger partial charge in [0.05, 0.1) is 6.17 Å². The molecule has 0 aromatic rings. The third-order valence-electron chi connectivity index (χ3n) is 2.98. The van der Waals surface area contributed by atoms with Gasteiger partial charge in [-0.2, -0.15) is 0 Å². The lowest BCUT2D eigenvalue weighted by Crippen LogP contribution is -2.56. The quantitative estimate of drug-likeness (QED) is 0.648. The molecular weight excluding hydrogens is 160 g/mol. The van der Waals surface area contributed by atoms with Crippen LogP contribution in [0.1, 0.15) is 34.1 Å². The van der Waals surface area contributed by atoms with Crippen molar-refractivity contribution < 1.29 is 0 Å². The van der Waals surface area contributed by atoms with Gasteiger partial charge in [-0.3, -0.25) is 9.80 Å². The van der Waals surface area contributed by atoms with Crippen LogP contribution >= 0.6 is 0 Å². The summed E-state index contributed by atoms with van der Waals surface area (Å²) in [5, 5.41) is 0. The molecule has 1 unspecified atom stereocenters. The van der Waals surface area contributed by atoms with Gasteiger partial charge in [0, 0.05) is 19.1 Å². The predicted molar refractivity (Wildman–Crippen MR) is 57.7 cm³/mol. The maximum absolute atomic E-state index is 2.62. The minimum Gasteiger partial charge on any atom is -0.291 e. The van der Waals surface area contributed by atoms with Crippen molar-refractivity contribution in [3.63, 3.8) is 0 Å². The number of hydrogen-bond donors (Lipinski definition) is 0. The van der Waals surface area contributed by atoms with Crippen molar-refractivity contribution in [3.8, 4) is 0 Å². The summed E-state index contributed by atoms with van der Waals surface area (Å²) in [6.07, 6.45) is 1.96. The molecule has 0 spiro atoms. The molecule has 0 aliphatic carbocycles. The van der Waals surface area contributed by atoms with Crippen molar-refractivity contribution in [2.75, 3.05) is 20.1 Å². The Labute approximate surface area is 82.9 Å². The van der Waals surface area contributed by atoms with Crippen LogP contribution in [0.2, 0.25) is 0 Å². The second-order valence-corrected chi connectivity index (χ2v) is 4.82. The Morgan fingerprint density at radius 3 is 2.08 bits per heavy atom. The fraction of sp³-hybridized carbons (Fsp3) is 1.00. The summed E-state index contributed by atoms with van der Waals surface area (Å²) in [6, 6.07) is 0.676. The normalized spacial score (nSPS) is 27.5. The smallest absolute Gasteiger partial charge is 0.0645 e. The highest BCUT2D eigenvalue weighted by molar-refractivity contribution is 4.81. The molecule has 0 amide bonds. The highest BCUT2D eigenvalue weighted by Gasteiger charge is 2.30. The van der Waals surface area contributed by atoms with Gasteiger partial charge in [0.2, 0.25) is 0 Å². The van der Waals surface area contributed by atoms with E-state index in [9.17, 15) is 0 Å². The monoisotopic (exact) mass is 184 g/mol. The van der Waals surface area contributed by atoms with Gasteiger partial charge in [0.25, 0.3) is 0 Å². The largest absolute Gasteiger partial charge is 0.291 e. The van der Waals surface area contributed by atoms with Crippen LogP contribution in [-0.4, -0.2) is 42.1 Å². The molecule has 2 nitrogen and oxygen atoms in total. The van der Waals surface area contributed by atoms with Crippen LogP contribution in [0.25, 0.3) is 0 Å². The molecule has 0 aromatic carbocycles. The molecule has 0 N–H and O–H groups in total. The average Bonchev–Trinajstić information content (AvgIpc) is 2.02. The number of rotatable bonds is 2. The molecule has 13 heavy (non-hydrogen) atoms. The maximum atomic E-state index is 2.62. The first-order valence-corrected chi connectivity index (χ1v) is 5.50. The van der Waals surface area contributed by atoms with Crippen LogP contribution < -0.4 is 0 Å². The zero-order valence-corrected chi connectivity index (χ0v) is 9.75. The first-order chi connectivity index (χ1) is 6.04. The van der Waals surface area contributed by atoms with Crippen LogP contribution in [0.4, 0.5) is 0 Å². The van der Waals surface area contributed by atoms with Crippen molar-refractivity contribution >= 4 is 0 Å². The molecule has 1 aliphatic heterocycles. The van der Waals surface area contributed by atoms with Crippen LogP contribution in [-0.2, 0) is 0 Å². The van der Waals surface area contributed by atoms with Crippen molar-refractivity contribution in [2.45, 2.75) is 46.3 Å². The first-order valence-electron chi connectivity index (χ1n) is 5.50. The van der Waals surface area contributed by atoms with Gasteiger partial charge in [-0.15, -0.1) is 0 Å². The molecule has 1 saturated heterocycles. The Bertz CT molecular complexity index is 154. The molecule has 1 aliphatic rings. The van der Waals surface area contributed by atoms with E-state index in [1.165, 1.54) is 19.5 Å². The zero-order chi connectivity index (χ0) is 10.0. The van der Waals surface area contributed by atoms with E-state index >= 15 is 0 Å². The summed E-state index contributed by atoms with van der Waals surface area (Å²) in [4.78, 5) is 5.11. The van der Waals surface area contributed by atoms with E-state index < -0.39 is 0 Å². The lowest BCUT2D eigenvalue weighted by Gasteiger charge is -2.46. The van der Waals surface area contributed by atoms with Gasteiger partial charge in [-0.25, -0.2) is 0 Å². The van der Waals surface area contributed by atoms with Crippen molar-refractivity contribution in [1.29, 1.82) is 0 Å². The molecule has 0 aromatic heterocycles. The van der Waals surface area contributed by atoms with Gasteiger partial charge < -0.3 is 0 Å². The van der Waals surface area contributed by atoms with E-state index in [2.05, 4.69) is 44.5 Å². The van der Waals surface area contributed by atoms with Crippen LogP contribution in [0.5, 0.6) is 0 Å². The van der Waals surface area contributed by atoms with E-state index in [-0.39, 0.29) is 0 Å². The predicted octanol–water partition coefficient (Wildman–Crippen LogP) is 2.01. The average molecular weight is 184 g/mol. The fourth-order valence-corrected chi connectivity index (χ4v) is 2.48. The van der Waals surface area contributed by atoms with Crippen LogP contribution in [0, 0.1) is 5.92 Å². The van der Waals surface area contributed by atoms with Gasteiger partial charge in [0.15, 0.2) is 0 Å². The Kier molecular flexibility index (Phi) is 3.74. The molecule has 1 atom stereocenters. The Balaban J connectivity index is 2.68. The summed E-state index contributed by atoms with van der Waals surface area (Å²) < 4.78 is 0. The zero-order valence-electron chi connectivity index (χ0n) is 9.75. The molecule has 0 radical (unpaired) electrons. The first kappa shape index (κ1) is 11.0. The SMILES string of the molecule is CC(C)C1N(C)CCCN1C(C)C. The summed E-state index contributed by atoms with van der Waals surface area (Å²) in [6.45, 7) is 11.8. The van der Waals surface area contributed by atoms with E-state index in [1.54, 1.807) is 0 Å². The highest BCUT2D eigenvalue weighted by Crippen LogP contribution is 2.21. The number of nitrogens with zero attached hydrogens (tertiary/aromatic N) is 2. The lowest BCUT2D eigenvalue weighted by atomic mass is 10.0. The minimum atomic E-state index is 0.647. The van der Waals surface area contributed by atoms with Crippen LogP contribution in [0.3, 0.4) is 0 Å². The van der Waals surface area contributed by atoms with Gasteiger partial charge in [-0.1, -0.05) is 13.8 Å². The van der Waals surface area contributed by atoms with Gasteiger partial charge in [-0.05, 0) is 33.2 Å². The molecular formula is C11H24N2. The second kappa shape index (κ2) is 4.43. The molecule has 0 bridgehead atoms. The van der Waals surface area contributed by atoms with Crippen molar-refractivity contribution in [2.24, 2.45) is 5.92 Å². The highest BCUT2D eigenvalue weighted by atomic mass is 15.4. The van der Waals surface area contributed by atoms with E-state index in [0.717, 1.165) is 5.92 Å². The third kappa shape index (κ3) is 2.44. The van der Waals surface area contributed by atoms with E-state index in [4.69, 9.17) is 0 Å². The van der Waals surface area contributed by atoms with Crippen molar-refractivity contribution in [1.82, 2.24) is 9.80 Å². The molecule has 1 heterocycles. The fourth-order valence-electron chi connectivity index (χ4n) is 2.48. The van der Waals surface area contributed by atoms with Crippen molar-refractivity contribution in [3.05, 3.63) is 0 Å². The topological polar surface area (TPSA) is 6.48 Å². The summed E-state index contributed by atoms with van der Waals surface area (Å²) in [7, 11) is 2.25. The molecule has 78 valence electrons. The Morgan fingerprint density at radius 2 is 1.69 bits per heavy atom.